The maximum absolute atomic E-state index is 14.5. The Morgan fingerprint density at radius 1 is 0.911 bits per heavy atom. The van der Waals surface area contributed by atoms with Gasteiger partial charge in [0.05, 0.1) is 18.1 Å². The summed E-state index contributed by atoms with van der Waals surface area (Å²) >= 11 is 0. The van der Waals surface area contributed by atoms with Gasteiger partial charge in [-0.05, 0) is 49.1 Å². The molecule has 2 fully saturated rings. The number of aromatic amines is 1. The first-order valence-corrected chi connectivity index (χ1v) is 15.7. The zero-order valence-corrected chi connectivity index (χ0v) is 24.4. The van der Waals surface area contributed by atoms with E-state index in [0.717, 1.165) is 31.4 Å². The van der Waals surface area contributed by atoms with Gasteiger partial charge in [0.2, 0.25) is 21.7 Å². The quantitative estimate of drug-likeness (QED) is 0.170. The minimum Gasteiger partial charge on any atom is -0.307 e. The van der Waals surface area contributed by atoms with Gasteiger partial charge in [0.1, 0.15) is 6.04 Å². The van der Waals surface area contributed by atoms with Crippen LogP contribution in [0.15, 0.2) is 52.4 Å². The fraction of sp³-hybridized carbons (Fsp3) is 0.333. The van der Waals surface area contributed by atoms with Crippen molar-refractivity contribution in [3.05, 3.63) is 93.4 Å². The van der Waals surface area contributed by atoms with Crippen molar-refractivity contribution < 1.29 is 35.2 Å². The van der Waals surface area contributed by atoms with Gasteiger partial charge in [-0.15, -0.1) is 0 Å². The summed E-state index contributed by atoms with van der Waals surface area (Å²) in [4.78, 5) is 30.0. The summed E-state index contributed by atoms with van der Waals surface area (Å²) in [5.74, 6) is -12.9. The molecule has 0 radical (unpaired) electrons. The van der Waals surface area contributed by atoms with Crippen LogP contribution in [-0.2, 0) is 21.4 Å². The molecule has 1 aliphatic carbocycles. The second kappa shape index (κ2) is 11.9. The molecule has 2 aliphatic rings. The number of carbonyl (C=O) groups is 1. The van der Waals surface area contributed by atoms with Gasteiger partial charge in [0.25, 0.3) is 5.56 Å². The number of halogens is 5. The molecular weight excluding hydrogens is 621 g/mol. The van der Waals surface area contributed by atoms with Gasteiger partial charge in [-0.25, -0.2) is 35.5 Å². The Kier molecular flexibility index (Phi) is 8.16. The highest BCUT2D eigenvalue weighted by atomic mass is 32.2. The number of anilines is 1. The summed E-state index contributed by atoms with van der Waals surface area (Å²) in [6.45, 7) is -0.507. The SMILES string of the molecule is O=C(C1CCN1S(=O)(=O)c1c(F)c(F)c(F)c(F)c1F)N(Cc1ccc(C2CCCCC2)nc1)c1ccc2c(=O)[nH]ncc2c1. The largest absolute Gasteiger partial charge is 0.307 e. The molecule has 236 valence electrons. The van der Waals surface area contributed by atoms with E-state index in [1.54, 1.807) is 12.3 Å². The van der Waals surface area contributed by atoms with Crippen molar-refractivity contribution in [3.63, 3.8) is 0 Å². The average Bonchev–Trinajstić information content (AvgIpc) is 3.01. The van der Waals surface area contributed by atoms with Gasteiger partial charge < -0.3 is 4.90 Å². The third-order valence-electron chi connectivity index (χ3n) is 8.43. The van der Waals surface area contributed by atoms with Crippen LogP contribution in [0, 0.1) is 29.1 Å². The molecule has 1 atom stereocenters. The molecule has 9 nitrogen and oxygen atoms in total. The molecule has 1 unspecified atom stereocenters. The summed E-state index contributed by atoms with van der Waals surface area (Å²) in [5, 5.41) is 6.73. The minimum absolute atomic E-state index is 0.0857. The number of benzene rings is 2. The first-order chi connectivity index (χ1) is 21.5. The summed E-state index contributed by atoms with van der Waals surface area (Å²) in [7, 11) is -5.35. The molecule has 1 saturated heterocycles. The highest BCUT2D eigenvalue weighted by molar-refractivity contribution is 7.89. The Hall–Kier alpha value is -4.24. The normalized spacial score (nSPS) is 17.8. The Bertz CT molecular complexity index is 1940. The Balaban J connectivity index is 1.35. The first kappa shape index (κ1) is 30.8. The van der Waals surface area contributed by atoms with Crippen LogP contribution in [-0.4, -0.2) is 46.4 Å². The lowest BCUT2D eigenvalue weighted by Gasteiger charge is -2.41. The molecule has 1 N–H and O–H groups in total. The zero-order chi connectivity index (χ0) is 32.0. The predicted molar refractivity (Wildman–Crippen MR) is 152 cm³/mol. The van der Waals surface area contributed by atoms with E-state index in [4.69, 9.17) is 0 Å². The van der Waals surface area contributed by atoms with E-state index in [1.165, 1.54) is 35.7 Å². The van der Waals surface area contributed by atoms with E-state index in [0.29, 0.717) is 21.2 Å². The van der Waals surface area contributed by atoms with E-state index in [1.807, 2.05) is 6.07 Å². The number of amides is 1. The van der Waals surface area contributed by atoms with Gasteiger partial charge in [-0.1, -0.05) is 25.3 Å². The van der Waals surface area contributed by atoms with E-state index in [2.05, 4.69) is 15.2 Å². The van der Waals surface area contributed by atoms with Crippen molar-refractivity contribution in [2.24, 2.45) is 0 Å². The molecule has 6 rings (SSSR count). The first-order valence-electron chi connectivity index (χ1n) is 14.3. The molecule has 1 saturated carbocycles. The molecule has 1 aliphatic heterocycles. The van der Waals surface area contributed by atoms with Gasteiger partial charge >= 0.3 is 0 Å². The van der Waals surface area contributed by atoms with Crippen molar-refractivity contribution >= 4 is 32.4 Å². The van der Waals surface area contributed by atoms with Crippen LogP contribution in [0.1, 0.15) is 55.7 Å². The predicted octanol–water partition coefficient (Wildman–Crippen LogP) is 5.06. The van der Waals surface area contributed by atoms with Crippen LogP contribution in [0.3, 0.4) is 0 Å². The molecular formula is C30H26F5N5O4S. The van der Waals surface area contributed by atoms with Crippen molar-refractivity contribution in [1.29, 1.82) is 0 Å². The maximum Gasteiger partial charge on any atom is 0.272 e. The Labute approximate surface area is 253 Å². The molecule has 1 amide bonds. The van der Waals surface area contributed by atoms with Gasteiger partial charge in [0, 0.05) is 35.4 Å². The highest BCUT2D eigenvalue weighted by Gasteiger charge is 2.48. The molecule has 0 bridgehead atoms. The third kappa shape index (κ3) is 5.47. The second-order valence-corrected chi connectivity index (χ2v) is 13.0. The molecule has 2 aromatic carbocycles. The Morgan fingerprint density at radius 2 is 1.60 bits per heavy atom. The smallest absolute Gasteiger partial charge is 0.272 e. The van der Waals surface area contributed by atoms with Crippen molar-refractivity contribution in [1.82, 2.24) is 19.5 Å². The number of fused-ring (bicyclic) bond motifs is 1. The van der Waals surface area contributed by atoms with Crippen LogP contribution in [0.4, 0.5) is 27.6 Å². The standard InChI is InChI=1S/C30H26F5N5O4S/c31-23-24(32)26(34)28(27(35)25(23)33)45(43,44)40-11-10-22(40)30(42)39(19-7-8-20-18(12-19)14-37-38-29(20)41)15-16-6-9-21(36-13-16)17-4-2-1-3-5-17/h6-9,12-14,17,22H,1-5,10-11,15H2,(H,38,41). The summed E-state index contributed by atoms with van der Waals surface area (Å²) in [6, 6.07) is 6.59. The molecule has 3 heterocycles. The number of hydrogen-bond donors (Lipinski definition) is 1. The number of aromatic nitrogens is 3. The van der Waals surface area contributed by atoms with Gasteiger partial charge in [0.15, 0.2) is 28.2 Å². The molecule has 0 spiro atoms. The number of nitrogens with zero attached hydrogens (tertiary/aromatic N) is 4. The lowest BCUT2D eigenvalue weighted by atomic mass is 9.86. The molecule has 2 aromatic heterocycles. The van der Waals surface area contributed by atoms with Crippen LogP contribution in [0.5, 0.6) is 0 Å². The average molecular weight is 648 g/mol. The number of sulfonamides is 1. The minimum atomic E-state index is -5.35. The van der Waals surface area contributed by atoms with E-state index >= 15 is 0 Å². The lowest BCUT2D eigenvalue weighted by Crippen LogP contribution is -2.59. The van der Waals surface area contributed by atoms with Crippen molar-refractivity contribution in [3.8, 4) is 0 Å². The fourth-order valence-electron chi connectivity index (χ4n) is 5.91. The summed E-state index contributed by atoms with van der Waals surface area (Å²) in [5.41, 5.74) is 1.28. The number of rotatable bonds is 7. The number of H-pyrrole nitrogens is 1. The number of hydrogen-bond acceptors (Lipinski definition) is 6. The fourth-order valence-corrected chi connectivity index (χ4v) is 7.65. The number of nitrogens with one attached hydrogen (secondary N) is 1. The Morgan fingerprint density at radius 3 is 2.22 bits per heavy atom. The molecule has 45 heavy (non-hydrogen) atoms. The summed E-state index contributed by atoms with van der Waals surface area (Å²) in [6.07, 6.45) is 8.35. The lowest BCUT2D eigenvalue weighted by molar-refractivity contribution is -0.125. The molecule has 4 aromatic rings. The van der Waals surface area contributed by atoms with Gasteiger partial charge in [-0.3, -0.25) is 14.6 Å². The van der Waals surface area contributed by atoms with Gasteiger partial charge in [-0.2, -0.15) is 9.40 Å². The highest BCUT2D eigenvalue weighted by Crippen LogP contribution is 2.36. The maximum atomic E-state index is 14.5. The number of pyridine rings is 1. The van der Waals surface area contributed by atoms with Crippen LogP contribution in [0.2, 0.25) is 0 Å². The number of carbonyl (C=O) groups excluding carboxylic acids is 1. The second-order valence-electron chi connectivity index (χ2n) is 11.1. The van der Waals surface area contributed by atoms with E-state index in [9.17, 15) is 40.0 Å². The summed E-state index contributed by atoms with van der Waals surface area (Å²) < 4.78 is 97.5. The topological polar surface area (TPSA) is 116 Å². The van der Waals surface area contributed by atoms with Crippen molar-refractivity contribution in [2.45, 2.75) is 61.9 Å². The zero-order valence-electron chi connectivity index (χ0n) is 23.6. The van der Waals surface area contributed by atoms with Crippen LogP contribution >= 0.6 is 0 Å². The van der Waals surface area contributed by atoms with Crippen LogP contribution < -0.4 is 10.5 Å². The third-order valence-corrected chi connectivity index (χ3v) is 10.4. The van der Waals surface area contributed by atoms with E-state index in [-0.39, 0.29) is 24.0 Å². The van der Waals surface area contributed by atoms with Crippen LogP contribution in [0.25, 0.3) is 10.8 Å². The monoisotopic (exact) mass is 647 g/mol. The van der Waals surface area contributed by atoms with Crippen molar-refractivity contribution in [2.75, 3.05) is 11.4 Å². The molecule has 15 heteroatoms. The van der Waals surface area contributed by atoms with E-state index < -0.39 is 68.1 Å².